The van der Waals surface area contributed by atoms with Gasteiger partial charge in [0.2, 0.25) is 0 Å². The zero-order valence-electron chi connectivity index (χ0n) is 9.15. The van der Waals surface area contributed by atoms with Gasteiger partial charge in [0.25, 0.3) is 0 Å². The minimum Gasteiger partial charge on any atom is -0.357 e. The molecule has 1 aromatic heterocycles. The first kappa shape index (κ1) is 10.7. The molecule has 90 valence electrons. The van der Waals surface area contributed by atoms with Crippen molar-refractivity contribution < 1.29 is 13.2 Å². The molecule has 0 bridgehead atoms. The minimum absolute atomic E-state index is 0.0458. The average molecular weight is 240 g/mol. The van der Waals surface area contributed by atoms with Gasteiger partial charge in [-0.3, -0.25) is 0 Å². The van der Waals surface area contributed by atoms with Crippen LogP contribution in [0.3, 0.4) is 0 Å². The third kappa shape index (κ3) is 1.45. The fourth-order valence-corrected chi connectivity index (χ4v) is 2.39. The number of hydrogen-bond acceptors (Lipinski definition) is 1. The van der Waals surface area contributed by atoms with Gasteiger partial charge in [-0.05, 0) is 13.0 Å². The van der Waals surface area contributed by atoms with Crippen molar-refractivity contribution >= 4 is 10.9 Å². The number of benzene rings is 1. The molecule has 5 heteroatoms. The molecule has 0 spiro atoms. The van der Waals surface area contributed by atoms with Crippen LogP contribution >= 0.6 is 0 Å². The number of H-pyrrole nitrogens is 1. The number of alkyl halides is 1. The number of hydrogen-bond donors (Lipinski definition) is 2. The fourth-order valence-electron chi connectivity index (χ4n) is 2.39. The van der Waals surface area contributed by atoms with Crippen molar-refractivity contribution in [3.63, 3.8) is 0 Å². The Morgan fingerprint density at radius 2 is 1.94 bits per heavy atom. The van der Waals surface area contributed by atoms with E-state index < -0.39 is 17.8 Å². The molecular weight excluding hydrogens is 229 g/mol. The lowest BCUT2D eigenvalue weighted by Crippen LogP contribution is -2.29. The zero-order chi connectivity index (χ0) is 12.2. The highest BCUT2D eigenvalue weighted by Crippen LogP contribution is 2.37. The molecule has 2 nitrogen and oxygen atoms in total. The molecule has 1 aromatic carbocycles. The van der Waals surface area contributed by atoms with Crippen LogP contribution in [0, 0.1) is 11.6 Å². The van der Waals surface area contributed by atoms with Gasteiger partial charge < -0.3 is 10.3 Å². The lowest BCUT2D eigenvalue weighted by molar-refractivity contribution is 0.295. The first-order valence-electron chi connectivity index (χ1n) is 5.46. The van der Waals surface area contributed by atoms with Crippen molar-refractivity contribution in [1.29, 1.82) is 0 Å². The summed E-state index contributed by atoms with van der Waals surface area (Å²) in [6.07, 6.45) is -1.19. The molecule has 2 atom stereocenters. The van der Waals surface area contributed by atoms with Crippen LogP contribution in [0.4, 0.5) is 13.2 Å². The zero-order valence-corrected chi connectivity index (χ0v) is 9.15. The van der Waals surface area contributed by atoms with Gasteiger partial charge in [0, 0.05) is 40.8 Å². The van der Waals surface area contributed by atoms with Gasteiger partial charge in [0.05, 0.1) is 0 Å². The Morgan fingerprint density at radius 3 is 2.71 bits per heavy atom. The summed E-state index contributed by atoms with van der Waals surface area (Å²) < 4.78 is 40.1. The third-order valence-electron chi connectivity index (χ3n) is 3.26. The lowest BCUT2D eigenvalue weighted by atomic mass is 9.99. The van der Waals surface area contributed by atoms with E-state index in [2.05, 4.69) is 10.3 Å². The van der Waals surface area contributed by atoms with Crippen LogP contribution in [0.5, 0.6) is 0 Å². The van der Waals surface area contributed by atoms with Gasteiger partial charge in [-0.15, -0.1) is 0 Å². The van der Waals surface area contributed by atoms with E-state index in [-0.39, 0.29) is 12.6 Å². The van der Waals surface area contributed by atoms with Crippen molar-refractivity contribution in [3.05, 3.63) is 35.0 Å². The van der Waals surface area contributed by atoms with Gasteiger partial charge in [-0.2, -0.15) is 0 Å². The van der Waals surface area contributed by atoms with Crippen LogP contribution in [-0.2, 0) is 0 Å². The minimum atomic E-state index is -1.19. The van der Waals surface area contributed by atoms with E-state index in [1.54, 1.807) is 0 Å². The summed E-state index contributed by atoms with van der Waals surface area (Å²) in [5.41, 5.74) is 1.56. The fraction of sp³-hybridized carbons (Fsp3) is 0.333. The van der Waals surface area contributed by atoms with Crippen LogP contribution in [0.1, 0.15) is 30.4 Å². The second-order valence-electron chi connectivity index (χ2n) is 4.36. The van der Waals surface area contributed by atoms with Crippen LogP contribution in [0.2, 0.25) is 0 Å². The molecule has 1 aliphatic heterocycles. The Hall–Kier alpha value is -1.49. The Balaban J connectivity index is 2.34. The highest BCUT2D eigenvalue weighted by atomic mass is 19.2. The molecule has 1 aliphatic rings. The first-order chi connectivity index (χ1) is 8.08. The molecule has 0 unspecified atom stereocenters. The number of fused-ring (bicyclic) bond motifs is 3. The van der Waals surface area contributed by atoms with E-state index in [1.165, 1.54) is 0 Å². The topological polar surface area (TPSA) is 27.8 Å². The smallest absolute Gasteiger partial charge is 0.160 e. The summed E-state index contributed by atoms with van der Waals surface area (Å²) in [6, 6.07) is 2.09. The van der Waals surface area contributed by atoms with E-state index in [1.807, 2.05) is 6.92 Å². The maximum atomic E-state index is 13.8. The maximum Gasteiger partial charge on any atom is 0.160 e. The molecule has 3 rings (SSSR count). The van der Waals surface area contributed by atoms with Gasteiger partial charge in [0.15, 0.2) is 11.6 Å². The van der Waals surface area contributed by atoms with E-state index >= 15 is 0 Å². The van der Waals surface area contributed by atoms with Crippen molar-refractivity contribution in [2.75, 3.05) is 6.54 Å². The van der Waals surface area contributed by atoms with E-state index in [0.29, 0.717) is 22.2 Å². The highest BCUT2D eigenvalue weighted by Gasteiger charge is 2.28. The van der Waals surface area contributed by atoms with Crippen LogP contribution in [0.25, 0.3) is 10.9 Å². The number of aromatic nitrogens is 1. The predicted molar refractivity (Wildman–Crippen MR) is 58.5 cm³/mol. The van der Waals surface area contributed by atoms with Crippen molar-refractivity contribution in [3.8, 4) is 0 Å². The molecule has 0 aliphatic carbocycles. The van der Waals surface area contributed by atoms with Crippen molar-refractivity contribution in [2.24, 2.45) is 0 Å². The molecule has 0 amide bonds. The molecule has 0 fully saturated rings. The Bertz CT molecular complexity index is 591. The quantitative estimate of drug-likeness (QED) is 0.727. The van der Waals surface area contributed by atoms with Gasteiger partial charge in [0.1, 0.15) is 6.17 Å². The number of nitrogens with one attached hydrogen (secondary N) is 2. The van der Waals surface area contributed by atoms with E-state index in [0.717, 1.165) is 12.1 Å². The van der Waals surface area contributed by atoms with Gasteiger partial charge >= 0.3 is 0 Å². The summed E-state index contributed by atoms with van der Waals surface area (Å²) in [4.78, 5) is 2.96. The summed E-state index contributed by atoms with van der Waals surface area (Å²) in [5, 5.41) is 3.41. The molecule has 2 aromatic rings. The number of aromatic amines is 1. The Kier molecular flexibility index (Phi) is 2.19. The average Bonchev–Trinajstić information content (AvgIpc) is 2.64. The molecule has 0 saturated heterocycles. The highest BCUT2D eigenvalue weighted by molar-refractivity contribution is 5.85. The summed E-state index contributed by atoms with van der Waals surface area (Å²) in [6.45, 7) is 2.08. The predicted octanol–water partition coefficient (Wildman–Crippen LogP) is 3.12. The number of rotatable bonds is 0. The summed E-state index contributed by atoms with van der Waals surface area (Å²) in [5.74, 6) is -1.87. The molecule has 0 saturated carbocycles. The van der Waals surface area contributed by atoms with E-state index in [4.69, 9.17) is 0 Å². The lowest BCUT2D eigenvalue weighted by Gasteiger charge is -2.23. The largest absolute Gasteiger partial charge is 0.357 e. The van der Waals surface area contributed by atoms with Crippen molar-refractivity contribution in [2.45, 2.75) is 19.1 Å². The monoisotopic (exact) mass is 240 g/mol. The molecule has 17 heavy (non-hydrogen) atoms. The van der Waals surface area contributed by atoms with Gasteiger partial charge in [-0.25, -0.2) is 13.2 Å². The normalized spacial score (nSPS) is 24.0. The van der Waals surface area contributed by atoms with Crippen LogP contribution in [-0.4, -0.2) is 11.5 Å². The third-order valence-corrected chi connectivity index (χ3v) is 3.26. The second kappa shape index (κ2) is 3.50. The van der Waals surface area contributed by atoms with Gasteiger partial charge in [-0.1, -0.05) is 0 Å². The molecule has 2 heterocycles. The van der Waals surface area contributed by atoms with Crippen molar-refractivity contribution in [1.82, 2.24) is 10.3 Å². The van der Waals surface area contributed by atoms with Crippen LogP contribution in [0.15, 0.2) is 12.1 Å². The standard InChI is InChI=1S/C12H11F3N2/c1-5-12-11(9(15)4-16-5)6-2-7(13)8(14)3-10(6)17-12/h2-3,5,9,16-17H,4H2,1H3/t5-,9+/m1/s1. The Morgan fingerprint density at radius 1 is 1.24 bits per heavy atom. The van der Waals surface area contributed by atoms with Crippen LogP contribution < -0.4 is 5.32 Å². The molecule has 0 radical (unpaired) electrons. The maximum absolute atomic E-state index is 13.8. The van der Waals surface area contributed by atoms with E-state index in [9.17, 15) is 13.2 Å². The SMILES string of the molecule is C[C@H]1NC[C@H](F)c2c1[nH]c1cc(F)c(F)cc21. The second-order valence-corrected chi connectivity index (χ2v) is 4.36. The Labute approximate surface area is 95.8 Å². The molecular formula is C12H11F3N2. The number of halogens is 3. The summed E-state index contributed by atoms with van der Waals surface area (Å²) in [7, 11) is 0. The first-order valence-corrected chi connectivity index (χ1v) is 5.46. The molecule has 2 N–H and O–H groups in total. The summed E-state index contributed by atoms with van der Waals surface area (Å²) >= 11 is 0.